The van der Waals surface area contributed by atoms with E-state index in [4.69, 9.17) is 0 Å². The molecule has 0 aliphatic carbocycles. The highest BCUT2D eigenvalue weighted by molar-refractivity contribution is 9.10. The molecule has 7 heteroatoms. The Morgan fingerprint density at radius 2 is 1.80 bits per heavy atom. The quantitative estimate of drug-likeness (QED) is 0.370. The van der Waals surface area contributed by atoms with Crippen LogP contribution in [0.3, 0.4) is 0 Å². The lowest BCUT2D eigenvalue weighted by molar-refractivity contribution is -0.122. The minimum absolute atomic E-state index is 0.0517. The van der Waals surface area contributed by atoms with Crippen LogP contribution in [0.15, 0.2) is 40.4 Å². The highest BCUT2D eigenvalue weighted by Crippen LogP contribution is 2.44. The van der Waals surface area contributed by atoms with Crippen molar-refractivity contribution in [3.05, 3.63) is 62.6 Å². The summed E-state index contributed by atoms with van der Waals surface area (Å²) in [4.78, 5) is 42.3. The van der Waals surface area contributed by atoms with E-state index in [0.29, 0.717) is 11.6 Å². The van der Waals surface area contributed by atoms with E-state index in [1.54, 1.807) is 18.2 Å². The zero-order valence-corrected chi connectivity index (χ0v) is 22.7. The molecule has 2 aromatic carbocycles. The van der Waals surface area contributed by atoms with E-state index in [0.717, 1.165) is 45.4 Å². The van der Waals surface area contributed by atoms with Crippen molar-refractivity contribution in [1.82, 2.24) is 5.32 Å². The third-order valence-corrected chi connectivity index (χ3v) is 7.52. The van der Waals surface area contributed by atoms with Gasteiger partial charge in [0.1, 0.15) is 5.57 Å². The molecule has 2 heterocycles. The number of hydrogen-bond acceptors (Lipinski definition) is 4. The van der Waals surface area contributed by atoms with Gasteiger partial charge in [0.25, 0.3) is 11.8 Å². The fourth-order valence-corrected chi connectivity index (χ4v) is 5.83. The van der Waals surface area contributed by atoms with Gasteiger partial charge in [0, 0.05) is 22.2 Å². The molecule has 2 aliphatic heterocycles. The van der Waals surface area contributed by atoms with Crippen LogP contribution in [-0.2, 0) is 9.59 Å². The first-order valence-corrected chi connectivity index (χ1v) is 12.8. The Morgan fingerprint density at radius 1 is 1.09 bits per heavy atom. The number of urea groups is 1. The summed E-state index contributed by atoms with van der Waals surface area (Å²) >= 11 is 3.41. The van der Waals surface area contributed by atoms with Gasteiger partial charge in [-0.25, -0.2) is 9.69 Å². The number of halogens is 1. The first kappa shape index (κ1) is 25.2. The Bertz CT molecular complexity index is 1260. The summed E-state index contributed by atoms with van der Waals surface area (Å²) in [7, 11) is 0. The molecule has 1 fully saturated rings. The normalized spacial score (nSPS) is 20.8. The maximum atomic E-state index is 13.4. The summed E-state index contributed by atoms with van der Waals surface area (Å²) in [5.74, 6) is -0.960. The number of imide groups is 2. The van der Waals surface area contributed by atoms with Crippen LogP contribution < -0.4 is 15.1 Å². The van der Waals surface area contributed by atoms with Gasteiger partial charge in [-0.3, -0.25) is 14.9 Å². The molecule has 0 radical (unpaired) electrons. The van der Waals surface area contributed by atoms with Crippen molar-refractivity contribution in [2.45, 2.75) is 65.8 Å². The van der Waals surface area contributed by atoms with Crippen molar-refractivity contribution in [3.8, 4) is 0 Å². The van der Waals surface area contributed by atoms with Crippen LogP contribution in [0.4, 0.5) is 16.2 Å². The zero-order valence-electron chi connectivity index (χ0n) is 21.2. The van der Waals surface area contributed by atoms with E-state index in [2.05, 4.69) is 66.0 Å². The van der Waals surface area contributed by atoms with Crippen molar-refractivity contribution < 1.29 is 14.4 Å². The van der Waals surface area contributed by atoms with Crippen molar-refractivity contribution in [3.63, 3.8) is 0 Å². The molecule has 1 N–H and O–H groups in total. The number of nitrogens with zero attached hydrogens (tertiary/aromatic N) is 2. The minimum atomic E-state index is -0.740. The third kappa shape index (κ3) is 4.54. The largest absolute Gasteiger partial charge is 0.366 e. The van der Waals surface area contributed by atoms with Crippen LogP contribution >= 0.6 is 15.9 Å². The number of rotatable bonds is 4. The SMILES string of the molecule is CCCN1c2cc(C)c(/C=C3/C(=O)NC(=O)N(c4ccc(Br)cc4C)C3=O)cc2C(C)CC1(C)C. The number of benzene rings is 2. The number of barbiturate groups is 1. The molecule has 1 atom stereocenters. The van der Waals surface area contributed by atoms with Crippen LogP contribution in [0.1, 0.15) is 68.7 Å². The molecule has 0 bridgehead atoms. The van der Waals surface area contributed by atoms with Crippen molar-refractivity contribution in [2.24, 2.45) is 0 Å². The fourth-order valence-electron chi connectivity index (χ4n) is 5.35. The number of carbonyl (C=O) groups excluding carboxylic acids is 3. The monoisotopic (exact) mass is 537 g/mol. The lowest BCUT2D eigenvalue weighted by atomic mass is 9.78. The zero-order chi connectivity index (χ0) is 25.7. The van der Waals surface area contributed by atoms with Gasteiger partial charge in [-0.2, -0.15) is 0 Å². The van der Waals surface area contributed by atoms with Crippen molar-refractivity contribution in [2.75, 3.05) is 16.3 Å². The Labute approximate surface area is 215 Å². The lowest BCUT2D eigenvalue weighted by Gasteiger charge is -2.48. The molecule has 2 aliphatic rings. The summed E-state index contributed by atoms with van der Waals surface area (Å²) in [5, 5.41) is 2.33. The Hall–Kier alpha value is -2.93. The van der Waals surface area contributed by atoms with Crippen LogP contribution in [0.5, 0.6) is 0 Å². The summed E-state index contributed by atoms with van der Waals surface area (Å²) < 4.78 is 0.842. The standard InChI is InChI=1S/C28H32BrN3O3/c1-7-10-31-24-12-16(2)19(13-21(24)18(4)15-28(31,5)6)14-22-25(33)30-27(35)32(26(22)34)23-9-8-20(29)11-17(23)3/h8-9,11-14,18H,7,10,15H2,1-6H3,(H,30,33,35)/b22-14-. The molecule has 2 aromatic rings. The van der Waals surface area contributed by atoms with Crippen molar-refractivity contribution in [1.29, 1.82) is 0 Å². The summed E-state index contributed by atoms with van der Waals surface area (Å²) in [5.41, 5.74) is 5.42. The first-order valence-electron chi connectivity index (χ1n) is 12.0. The molecule has 1 saturated heterocycles. The summed E-state index contributed by atoms with van der Waals surface area (Å²) in [6.07, 6.45) is 3.69. The maximum Gasteiger partial charge on any atom is 0.335 e. The van der Waals surface area contributed by atoms with E-state index in [9.17, 15) is 14.4 Å². The number of carbonyl (C=O) groups is 3. The molecule has 4 amide bonds. The van der Waals surface area contributed by atoms with Gasteiger partial charge in [-0.05, 0) is 105 Å². The smallest absolute Gasteiger partial charge is 0.335 e. The predicted octanol–water partition coefficient (Wildman–Crippen LogP) is 6.23. The van der Waals surface area contributed by atoms with Gasteiger partial charge in [0.15, 0.2) is 0 Å². The highest BCUT2D eigenvalue weighted by atomic mass is 79.9. The Balaban J connectivity index is 1.78. The summed E-state index contributed by atoms with van der Waals surface area (Å²) in [6, 6.07) is 8.82. The Morgan fingerprint density at radius 3 is 2.46 bits per heavy atom. The second-order valence-electron chi connectivity index (χ2n) is 10.2. The molecule has 6 nitrogen and oxygen atoms in total. The number of hydrogen-bond donors (Lipinski definition) is 1. The number of aryl methyl sites for hydroxylation is 2. The lowest BCUT2D eigenvalue weighted by Crippen LogP contribution is -2.54. The van der Waals surface area contributed by atoms with Crippen LogP contribution in [0.25, 0.3) is 6.08 Å². The molecule has 35 heavy (non-hydrogen) atoms. The van der Waals surface area contributed by atoms with Crippen molar-refractivity contribution >= 4 is 51.2 Å². The minimum Gasteiger partial charge on any atom is -0.366 e. The first-order chi connectivity index (χ1) is 16.4. The van der Waals surface area contributed by atoms with Gasteiger partial charge in [0.2, 0.25) is 0 Å². The highest BCUT2D eigenvalue weighted by Gasteiger charge is 2.39. The van der Waals surface area contributed by atoms with Crippen LogP contribution in [0.2, 0.25) is 0 Å². The van der Waals surface area contributed by atoms with E-state index in [1.807, 2.05) is 19.9 Å². The molecule has 184 valence electrons. The number of nitrogens with one attached hydrogen (secondary N) is 1. The number of amides is 4. The molecule has 0 aromatic heterocycles. The fraction of sp³-hybridized carbons (Fsp3) is 0.393. The molecular formula is C28H32BrN3O3. The van der Waals surface area contributed by atoms with Gasteiger partial charge >= 0.3 is 6.03 Å². The average Bonchev–Trinajstić information content (AvgIpc) is 2.75. The van der Waals surface area contributed by atoms with Crippen LogP contribution in [0, 0.1) is 13.8 Å². The molecule has 0 spiro atoms. The van der Waals surface area contributed by atoms with E-state index in [-0.39, 0.29) is 11.1 Å². The van der Waals surface area contributed by atoms with E-state index in [1.165, 1.54) is 11.3 Å². The van der Waals surface area contributed by atoms with E-state index < -0.39 is 17.8 Å². The number of fused-ring (bicyclic) bond motifs is 1. The Kier molecular flexibility index (Phi) is 6.66. The average molecular weight is 538 g/mol. The maximum absolute atomic E-state index is 13.4. The third-order valence-electron chi connectivity index (χ3n) is 7.02. The molecule has 4 rings (SSSR count). The second kappa shape index (κ2) is 9.26. The number of anilines is 2. The molecular weight excluding hydrogens is 506 g/mol. The van der Waals surface area contributed by atoms with Gasteiger partial charge in [-0.15, -0.1) is 0 Å². The summed E-state index contributed by atoms with van der Waals surface area (Å²) in [6.45, 7) is 13.8. The topological polar surface area (TPSA) is 69.7 Å². The van der Waals surface area contributed by atoms with Crippen LogP contribution in [-0.4, -0.2) is 29.9 Å². The van der Waals surface area contributed by atoms with Gasteiger partial charge < -0.3 is 4.90 Å². The predicted molar refractivity (Wildman–Crippen MR) is 144 cm³/mol. The van der Waals surface area contributed by atoms with Gasteiger partial charge in [0.05, 0.1) is 5.69 Å². The second-order valence-corrected chi connectivity index (χ2v) is 11.1. The molecule has 1 unspecified atom stereocenters. The van der Waals surface area contributed by atoms with E-state index >= 15 is 0 Å². The van der Waals surface area contributed by atoms with Gasteiger partial charge in [-0.1, -0.05) is 29.8 Å². The molecule has 0 saturated carbocycles.